The quantitative estimate of drug-likeness (QED) is 0.778. The molecule has 1 atom stereocenters. The van der Waals surface area contributed by atoms with Crippen LogP contribution in [0.2, 0.25) is 0 Å². The van der Waals surface area contributed by atoms with Crippen molar-refractivity contribution >= 4 is 11.9 Å². The SMILES string of the molecule is CC(C)[C@@H](NC(=O)CC1(C(=O)O)CCCCCC1)c1ccccn1. The van der Waals surface area contributed by atoms with Crippen molar-refractivity contribution in [2.45, 2.75) is 64.8 Å². The standard InChI is InChI=1S/C19H28N2O3/c1-14(2)17(15-9-5-8-12-20-15)21-16(22)13-19(18(23)24)10-6-3-4-7-11-19/h5,8-9,12,14,17H,3-4,6-7,10-11,13H2,1-2H3,(H,21,22)(H,23,24)/t17-/m1/s1. The molecule has 132 valence electrons. The summed E-state index contributed by atoms with van der Waals surface area (Å²) in [5.41, 5.74) is -0.0993. The fraction of sp³-hybridized carbons (Fsp3) is 0.632. The summed E-state index contributed by atoms with van der Waals surface area (Å²) in [6.45, 7) is 4.05. The Hall–Kier alpha value is -1.91. The van der Waals surface area contributed by atoms with Crippen molar-refractivity contribution in [1.82, 2.24) is 10.3 Å². The first-order chi connectivity index (χ1) is 11.4. The van der Waals surface area contributed by atoms with Gasteiger partial charge in [0.25, 0.3) is 0 Å². The Kier molecular flexibility index (Phi) is 6.35. The van der Waals surface area contributed by atoms with Gasteiger partial charge >= 0.3 is 5.97 Å². The molecule has 1 aliphatic carbocycles. The van der Waals surface area contributed by atoms with Gasteiger partial charge in [-0.1, -0.05) is 45.6 Å². The second kappa shape index (κ2) is 8.27. The van der Waals surface area contributed by atoms with E-state index in [0.29, 0.717) is 12.8 Å². The van der Waals surface area contributed by atoms with E-state index in [0.717, 1.165) is 31.4 Å². The minimum Gasteiger partial charge on any atom is -0.481 e. The van der Waals surface area contributed by atoms with Gasteiger partial charge in [0.1, 0.15) is 0 Å². The van der Waals surface area contributed by atoms with E-state index in [4.69, 9.17) is 0 Å². The molecule has 1 aliphatic rings. The molecule has 0 saturated heterocycles. The summed E-state index contributed by atoms with van der Waals surface area (Å²) in [5.74, 6) is -0.846. The Morgan fingerprint density at radius 2 is 1.88 bits per heavy atom. The molecule has 1 fully saturated rings. The monoisotopic (exact) mass is 332 g/mol. The van der Waals surface area contributed by atoms with E-state index in [9.17, 15) is 14.7 Å². The van der Waals surface area contributed by atoms with E-state index in [1.165, 1.54) is 0 Å². The number of nitrogens with one attached hydrogen (secondary N) is 1. The van der Waals surface area contributed by atoms with Gasteiger partial charge in [-0.2, -0.15) is 0 Å². The summed E-state index contributed by atoms with van der Waals surface area (Å²) in [5, 5.41) is 12.7. The molecule has 24 heavy (non-hydrogen) atoms. The first kappa shape index (κ1) is 18.4. The number of amides is 1. The molecule has 1 amide bonds. The van der Waals surface area contributed by atoms with Gasteiger partial charge < -0.3 is 10.4 Å². The van der Waals surface area contributed by atoms with Crippen LogP contribution in [0.5, 0.6) is 0 Å². The van der Waals surface area contributed by atoms with E-state index < -0.39 is 11.4 Å². The van der Waals surface area contributed by atoms with Gasteiger partial charge in [0.05, 0.1) is 17.2 Å². The fourth-order valence-corrected chi connectivity index (χ4v) is 3.55. The van der Waals surface area contributed by atoms with Gasteiger partial charge in [0, 0.05) is 12.6 Å². The number of aromatic nitrogens is 1. The van der Waals surface area contributed by atoms with E-state index in [-0.39, 0.29) is 24.3 Å². The second-order valence-electron chi connectivity index (χ2n) is 7.22. The van der Waals surface area contributed by atoms with Crippen molar-refractivity contribution in [3.8, 4) is 0 Å². The van der Waals surface area contributed by atoms with Crippen molar-refractivity contribution in [2.24, 2.45) is 11.3 Å². The van der Waals surface area contributed by atoms with Crippen LogP contribution in [0.1, 0.15) is 70.5 Å². The third-order valence-corrected chi connectivity index (χ3v) is 5.00. The lowest BCUT2D eigenvalue weighted by atomic mass is 9.77. The number of hydrogen-bond donors (Lipinski definition) is 2. The van der Waals surface area contributed by atoms with Gasteiger partial charge in [-0.15, -0.1) is 0 Å². The first-order valence-electron chi connectivity index (χ1n) is 8.88. The summed E-state index contributed by atoms with van der Waals surface area (Å²) >= 11 is 0. The highest BCUT2D eigenvalue weighted by Crippen LogP contribution is 2.38. The molecular weight excluding hydrogens is 304 g/mol. The van der Waals surface area contributed by atoms with Gasteiger partial charge in [0.15, 0.2) is 0 Å². The highest BCUT2D eigenvalue weighted by Gasteiger charge is 2.41. The number of carboxylic acid groups (broad SMARTS) is 1. The lowest BCUT2D eigenvalue weighted by molar-refractivity contribution is -0.153. The Labute approximate surface area is 143 Å². The third kappa shape index (κ3) is 4.56. The topological polar surface area (TPSA) is 79.3 Å². The maximum Gasteiger partial charge on any atom is 0.310 e. The molecular formula is C19H28N2O3. The molecule has 1 heterocycles. The molecule has 0 bridgehead atoms. The molecule has 0 aromatic carbocycles. The van der Waals surface area contributed by atoms with Crippen LogP contribution < -0.4 is 5.32 Å². The number of nitrogens with zero attached hydrogens (tertiary/aromatic N) is 1. The average Bonchev–Trinajstić information content (AvgIpc) is 2.79. The highest BCUT2D eigenvalue weighted by molar-refractivity contribution is 5.85. The third-order valence-electron chi connectivity index (χ3n) is 5.00. The highest BCUT2D eigenvalue weighted by atomic mass is 16.4. The molecule has 5 heteroatoms. The number of rotatable bonds is 6. The summed E-state index contributed by atoms with van der Waals surface area (Å²) < 4.78 is 0. The Balaban J connectivity index is 2.10. The molecule has 1 aromatic rings. The van der Waals surface area contributed by atoms with Gasteiger partial charge in [-0.3, -0.25) is 14.6 Å². The van der Waals surface area contributed by atoms with E-state index in [2.05, 4.69) is 10.3 Å². The number of hydrogen-bond acceptors (Lipinski definition) is 3. The van der Waals surface area contributed by atoms with Crippen LogP contribution in [0.4, 0.5) is 0 Å². The zero-order valence-electron chi connectivity index (χ0n) is 14.6. The molecule has 0 unspecified atom stereocenters. The maximum atomic E-state index is 12.6. The Bertz CT molecular complexity index is 549. The van der Waals surface area contributed by atoms with Gasteiger partial charge in [-0.25, -0.2) is 0 Å². The summed E-state index contributed by atoms with van der Waals surface area (Å²) in [6.07, 6.45) is 6.82. The number of pyridine rings is 1. The summed E-state index contributed by atoms with van der Waals surface area (Å²) in [4.78, 5) is 28.8. The summed E-state index contributed by atoms with van der Waals surface area (Å²) in [7, 11) is 0. The van der Waals surface area contributed by atoms with Crippen LogP contribution in [0.25, 0.3) is 0 Å². The largest absolute Gasteiger partial charge is 0.481 e. The molecule has 1 saturated carbocycles. The van der Waals surface area contributed by atoms with E-state index in [1.807, 2.05) is 32.0 Å². The lowest BCUT2D eigenvalue weighted by Crippen LogP contribution is -2.40. The zero-order valence-corrected chi connectivity index (χ0v) is 14.6. The predicted molar refractivity (Wildman–Crippen MR) is 92.3 cm³/mol. The molecule has 0 radical (unpaired) electrons. The molecule has 2 N–H and O–H groups in total. The van der Waals surface area contributed by atoms with Crippen LogP contribution in [-0.4, -0.2) is 22.0 Å². The van der Waals surface area contributed by atoms with E-state index >= 15 is 0 Å². The van der Waals surface area contributed by atoms with E-state index in [1.54, 1.807) is 6.20 Å². The number of carbonyl (C=O) groups excluding carboxylic acids is 1. The van der Waals surface area contributed by atoms with Crippen LogP contribution in [0, 0.1) is 11.3 Å². The predicted octanol–water partition coefficient (Wildman–Crippen LogP) is 3.71. The van der Waals surface area contributed by atoms with Gasteiger partial charge in [0.2, 0.25) is 5.91 Å². The molecule has 2 rings (SSSR count). The second-order valence-corrected chi connectivity index (χ2v) is 7.22. The van der Waals surface area contributed by atoms with Crippen molar-refractivity contribution in [3.63, 3.8) is 0 Å². The molecule has 0 aliphatic heterocycles. The van der Waals surface area contributed by atoms with Crippen molar-refractivity contribution in [2.75, 3.05) is 0 Å². The zero-order chi connectivity index (χ0) is 17.6. The minimum atomic E-state index is -0.910. The van der Waals surface area contributed by atoms with Crippen molar-refractivity contribution in [3.05, 3.63) is 30.1 Å². The minimum absolute atomic E-state index is 0.0540. The van der Waals surface area contributed by atoms with Crippen LogP contribution in [-0.2, 0) is 9.59 Å². The lowest BCUT2D eigenvalue weighted by Gasteiger charge is -2.29. The van der Waals surface area contributed by atoms with Gasteiger partial charge in [-0.05, 0) is 30.9 Å². The number of aliphatic carboxylic acids is 1. The first-order valence-corrected chi connectivity index (χ1v) is 8.88. The van der Waals surface area contributed by atoms with Crippen LogP contribution in [0.3, 0.4) is 0 Å². The molecule has 1 aromatic heterocycles. The Morgan fingerprint density at radius 3 is 2.38 bits per heavy atom. The van der Waals surface area contributed by atoms with Crippen molar-refractivity contribution < 1.29 is 14.7 Å². The number of carbonyl (C=O) groups is 2. The van der Waals surface area contributed by atoms with Crippen molar-refractivity contribution in [1.29, 1.82) is 0 Å². The molecule has 5 nitrogen and oxygen atoms in total. The molecule has 0 spiro atoms. The Morgan fingerprint density at radius 1 is 1.21 bits per heavy atom. The fourth-order valence-electron chi connectivity index (χ4n) is 3.55. The van der Waals surface area contributed by atoms with Crippen LogP contribution >= 0.6 is 0 Å². The number of carboxylic acids is 1. The average molecular weight is 332 g/mol. The summed E-state index contributed by atoms with van der Waals surface area (Å²) in [6, 6.07) is 5.43. The smallest absolute Gasteiger partial charge is 0.310 e. The van der Waals surface area contributed by atoms with Crippen LogP contribution in [0.15, 0.2) is 24.4 Å². The maximum absolute atomic E-state index is 12.6. The normalized spacial score (nSPS) is 18.6.